The highest BCUT2D eigenvalue weighted by atomic mass is 16.6. The number of carbonyl (C=O) groups excluding carboxylic acids is 2. The molecule has 9 nitrogen and oxygen atoms in total. The van der Waals surface area contributed by atoms with E-state index in [0.717, 1.165) is 0 Å². The van der Waals surface area contributed by atoms with Gasteiger partial charge in [-0.15, -0.1) is 0 Å². The lowest BCUT2D eigenvalue weighted by Crippen LogP contribution is -2.30. The van der Waals surface area contributed by atoms with Gasteiger partial charge in [-0.3, -0.25) is 9.59 Å². The van der Waals surface area contributed by atoms with E-state index in [4.69, 9.17) is 23.7 Å². The zero-order valence-corrected chi connectivity index (χ0v) is 16.5. The third-order valence-corrected chi connectivity index (χ3v) is 4.60. The normalized spacial score (nSPS) is 15.2. The van der Waals surface area contributed by atoms with Crippen LogP contribution < -0.4 is 24.5 Å². The fourth-order valence-electron chi connectivity index (χ4n) is 3.33. The van der Waals surface area contributed by atoms with Gasteiger partial charge in [0.15, 0.2) is 17.2 Å². The molecule has 1 aliphatic rings. The van der Waals surface area contributed by atoms with Crippen LogP contribution in [0.2, 0.25) is 0 Å². The number of rotatable bonds is 6. The third kappa shape index (κ3) is 3.63. The first-order valence-electron chi connectivity index (χ1n) is 8.88. The minimum Gasteiger partial charge on any atom is -0.493 e. The van der Waals surface area contributed by atoms with Crippen molar-refractivity contribution < 1.29 is 33.3 Å². The van der Waals surface area contributed by atoms with Crippen molar-refractivity contribution in [1.82, 2.24) is 4.98 Å². The van der Waals surface area contributed by atoms with Gasteiger partial charge >= 0.3 is 11.9 Å². The molecule has 3 rings (SSSR count). The Balaban J connectivity index is 2.22. The van der Waals surface area contributed by atoms with Gasteiger partial charge in [-0.25, -0.2) is 4.79 Å². The molecule has 0 radical (unpaired) electrons. The summed E-state index contributed by atoms with van der Waals surface area (Å²) in [5, 5.41) is 0. The SMILES string of the molecule is CCOC(=O)c1c[nH]c(=O)c2c1OC(=O)C[C@@H]2c1cc(OC)c(OC)c(OC)c1. The summed E-state index contributed by atoms with van der Waals surface area (Å²) in [4.78, 5) is 39.7. The Morgan fingerprint density at radius 2 is 1.79 bits per heavy atom. The van der Waals surface area contributed by atoms with E-state index >= 15 is 0 Å². The Morgan fingerprint density at radius 1 is 1.14 bits per heavy atom. The second-order valence-electron chi connectivity index (χ2n) is 6.18. The van der Waals surface area contributed by atoms with Crippen LogP contribution in [0.5, 0.6) is 23.0 Å². The van der Waals surface area contributed by atoms with Crippen molar-refractivity contribution in [2.24, 2.45) is 0 Å². The van der Waals surface area contributed by atoms with E-state index in [1.165, 1.54) is 27.5 Å². The minimum absolute atomic E-state index is 0.0214. The molecule has 1 aliphatic heterocycles. The van der Waals surface area contributed by atoms with E-state index in [-0.39, 0.29) is 29.9 Å². The number of ether oxygens (including phenoxy) is 5. The number of nitrogens with one attached hydrogen (secondary N) is 1. The number of aromatic amines is 1. The van der Waals surface area contributed by atoms with Crippen LogP contribution >= 0.6 is 0 Å². The van der Waals surface area contributed by atoms with E-state index in [9.17, 15) is 14.4 Å². The first kappa shape index (κ1) is 20.2. The summed E-state index contributed by atoms with van der Waals surface area (Å²) in [6.45, 7) is 1.79. The topological polar surface area (TPSA) is 113 Å². The average Bonchev–Trinajstić information content (AvgIpc) is 2.72. The van der Waals surface area contributed by atoms with Crippen LogP contribution in [0.3, 0.4) is 0 Å². The molecule has 154 valence electrons. The molecule has 2 heterocycles. The molecule has 0 unspecified atom stereocenters. The summed E-state index contributed by atoms with van der Waals surface area (Å²) < 4.78 is 26.3. The molecule has 0 amide bonds. The quantitative estimate of drug-likeness (QED) is 0.729. The van der Waals surface area contributed by atoms with Crippen LogP contribution in [0.15, 0.2) is 23.1 Å². The lowest BCUT2D eigenvalue weighted by atomic mass is 9.86. The summed E-state index contributed by atoms with van der Waals surface area (Å²) in [6.07, 6.45) is 1.09. The van der Waals surface area contributed by atoms with Crippen LogP contribution in [0.25, 0.3) is 0 Å². The second kappa shape index (κ2) is 8.26. The van der Waals surface area contributed by atoms with Crippen molar-refractivity contribution in [3.63, 3.8) is 0 Å². The molecule has 2 aromatic rings. The predicted molar refractivity (Wildman–Crippen MR) is 101 cm³/mol. The second-order valence-corrected chi connectivity index (χ2v) is 6.18. The summed E-state index contributed by atoms with van der Waals surface area (Å²) in [5.74, 6) is -0.918. The van der Waals surface area contributed by atoms with E-state index in [2.05, 4.69) is 4.98 Å². The highest BCUT2D eigenvalue weighted by molar-refractivity contribution is 5.94. The maximum atomic E-state index is 12.6. The Bertz CT molecular complexity index is 985. The van der Waals surface area contributed by atoms with Gasteiger partial charge in [0.25, 0.3) is 5.56 Å². The zero-order chi connectivity index (χ0) is 21.1. The van der Waals surface area contributed by atoms with Gasteiger partial charge in [0, 0.05) is 12.1 Å². The number of H-pyrrole nitrogens is 1. The fourth-order valence-corrected chi connectivity index (χ4v) is 3.33. The van der Waals surface area contributed by atoms with Crippen molar-refractivity contribution in [3.05, 3.63) is 45.4 Å². The highest BCUT2D eigenvalue weighted by Gasteiger charge is 2.35. The first-order chi connectivity index (χ1) is 13.9. The zero-order valence-electron chi connectivity index (χ0n) is 16.5. The average molecular weight is 403 g/mol. The number of benzene rings is 1. The van der Waals surface area contributed by atoms with Crippen LogP contribution in [-0.2, 0) is 9.53 Å². The summed E-state index contributed by atoms with van der Waals surface area (Å²) in [7, 11) is 4.41. The Hall–Kier alpha value is -3.49. The van der Waals surface area contributed by atoms with Crippen LogP contribution in [0, 0.1) is 0 Å². The van der Waals surface area contributed by atoms with Crippen molar-refractivity contribution in [2.45, 2.75) is 19.3 Å². The number of hydrogen-bond donors (Lipinski definition) is 1. The predicted octanol–water partition coefficient (Wildman–Crippen LogP) is 2.02. The molecule has 0 saturated carbocycles. The van der Waals surface area contributed by atoms with Gasteiger partial charge in [-0.1, -0.05) is 0 Å². The molecule has 1 N–H and O–H groups in total. The van der Waals surface area contributed by atoms with Crippen LogP contribution in [0.4, 0.5) is 0 Å². The summed E-state index contributed by atoms with van der Waals surface area (Å²) in [6, 6.07) is 3.32. The summed E-state index contributed by atoms with van der Waals surface area (Å²) >= 11 is 0. The molecule has 0 spiro atoms. The van der Waals surface area contributed by atoms with Gasteiger partial charge < -0.3 is 28.7 Å². The summed E-state index contributed by atoms with van der Waals surface area (Å²) in [5.41, 5.74) is 0.236. The van der Waals surface area contributed by atoms with Crippen molar-refractivity contribution in [1.29, 1.82) is 0 Å². The van der Waals surface area contributed by atoms with Gasteiger partial charge in [0.2, 0.25) is 5.75 Å². The lowest BCUT2D eigenvalue weighted by Gasteiger charge is -2.26. The van der Waals surface area contributed by atoms with E-state index < -0.39 is 23.4 Å². The van der Waals surface area contributed by atoms with Crippen LogP contribution in [0.1, 0.15) is 40.7 Å². The van der Waals surface area contributed by atoms with Crippen molar-refractivity contribution >= 4 is 11.9 Å². The molecule has 1 aromatic carbocycles. The molecular weight excluding hydrogens is 382 g/mol. The van der Waals surface area contributed by atoms with Crippen molar-refractivity contribution in [2.75, 3.05) is 27.9 Å². The van der Waals surface area contributed by atoms with E-state index in [1.54, 1.807) is 19.1 Å². The first-order valence-corrected chi connectivity index (χ1v) is 8.88. The van der Waals surface area contributed by atoms with Gasteiger partial charge in [0.05, 0.1) is 39.9 Å². The molecule has 0 bridgehead atoms. The Kier molecular flexibility index (Phi) is 5.76. The van der Waals surface area contributed by atoms with E-state index in [1.807, 2.05) is 0 Å². The molecule has 29 heavy (non-hydrogen) atoms. The number of fused-ring (bicyclic) bond motifs is 1. The number of pyridine rings is 1. The third-order valence-electron chi connectivity index (χ3n) is 4.60. The Labute approximate surface area is 166 Å². The molecule has 1 atom stereocenters. The van der Waals surface area contributed by atoms with Gasteiger partial charge in [0.1, 0.15) is 5.56 Å². The smallest absolute Gasteiger partial charge is 0.343 e. The highest BCUT2D eigenvalue weighted by Crippen LogP contribution is 2.44. The molecule has 0 fully saturated rings. The monoisotopic (exact) mass is 403 g/mol. The Morgan fingerprint density at radius 3 is 2.34 bits per heavy atom. The number of methoxy groups -OCH3 is 3. The lowest BCUT2D eigenvalue weighted by molar-refractivity contribution is -0.135. The molecular formula is C20H21NO8. The molecule has 9 heteroatoms. The van der Waals surface area contributed by atoms with Crippen molar-refractivity contribution in [3.8, 4) is 23.0 Å². The molecule has 1 aromatic heterocycles. The molecule has 0 saturated heterocycles. The maximum absolute atomic E-state index is 12.6. The standard InChI is InChI=1S/C20H21NO8/c1-5-28-20(24)12-9-21-19(23)16-11(8-15(22)29-17(12)16)10-6-13(25-2)18(27-4)14(7-10)26-3/h6-7,9,11H,5,8H2,1-4H3,(H,21,23)/t11-/m1/s1. The van der Waals surface area contributed by atoms with Gasteiger partial charge in [-0.2, -0.15) is 0 Å². The fraction of sp³-hybridized carbons (Fsp3) is 0.350. The number of esters is 2. The number of hydrogen-bond acceptors (Lipinski definition) is 8. The van der Waals surface area contributed by atoms with Gasteiger partial charge in [-0.05, 0) is 24.6 Å². The largest absolute Gasteiger partial charge is 0.493 e. The number of aromatic nitrogens is 1. The maximum Gasteiger partial charge on any atom is 0.343 e. The van der Waals surface area contributed by atoms with E-state index in [0.29, 0.717) is 22.8 Å². The minimum atomic E-state index is -0.696. The van der Waals surface area contributed by atoms with Crippen LogP contribution in [-0.4, -0.2) is 44.9 Å². The number of carbonyl (C=O) groups is 2. The molecule has 0 aliphatic carbocycles.